The average Bonchev–Trinajstić information content (AvgIpc) is 2.59. The van der Waals surface area contributed by atoms with Gasteiger partial charge in [0.15, 0.2) is 0 Å². The highest BCUT2D eigenvalue weighted by Crippen LogP contribution is 2.19. The molecule has 1 heterocycles. The molecule has 0 saturated carbocycles. The molecule has 1 aromatic heterocycles. The summed E-state index contributed by atoms with van der Waals surface area (Å²) in [5, 5.41) is 8.23. The fourth-order valence-corrected chi connectivity index (χ4v) is 1.58. The van der Waals surface area contributed by atoms with Gasteiger partial charge in [-0.05, 0) is 30.5 Å². The number of nitrogens with zero attached hydrogens (tertiary/aromatic N) is 3. The summed E-state index contributed by atoms with van der Waals surface area (Å²) in [6.07, 6.45) is 0. The standard InChI is InChI=1S/C11H15N3/c1-4-14-11-6-5-9(8(2)3)7-10(11)12-13-14/h5-8H,4H2,1-3H3. The van der Waals surface area contributed by atoms with E-state index in [9.17, 15) is 0 Å². The van der Waals surface area contributed by atoms with Gasteiger partial charge >= 0.3 is 0 Å². The molecule has 0 saturated heterocycles. The Balaban J connectivity index is 2.57. The van der Waals surface area contributed by atoms with Gasteiger partial charge in [0.05, 0.1) is 5.52 Å². The van der Waals surface area contributed by atoms with Crippen LogP contribution in [0.3, 0.4) is 0 Å². The quantitative estimate of drug-likeness (QED) is 0.727. The molecule has 0 unspecified atom stereocenters. The predicted molar refractivity (Wildman–Crippen MR) is 57.3 cm³/mol. The summed E-state index contributed by atoms with van der Waals surface area (Å²) in [5.41, 5.74) is 3.44. The molecule has 0 atom stereocenters. The largest absolute Gasteiger partial charge is 0.245 e. The Morgan fingerprint density at radius 1 is 1.36 bits per heavy atom. The number of hydrogen-bond acceptors (Lipinski definition) is 2. The second-order valence-electron chi connectivity index (χ2n) is 3.81. The van der Waals surface area contributed by atoms with Gasteiger partial charge in [-0.2, -0.15) is 0 Å². The molecular weight excluding hydrogens is 174 g/mol. The highest BCUT2D eigenvalue weighted by atomic mass is 15.4. The maximum Gasteiger partial charge on any atom is 0.113 e. The lowest BCUT2D eigenvalue weighted by atomic mass is 10.0. The number of benzene rings is 1. The first-order chi connectivity index (χ1) is 6.72. The Kier molecular flexibility index (Phi) is 2.23. The molecule has 1 aromatic carbocycles. The van der Waals surface area contributed by atoms with E-state index < -0.39 is 0 Å². The summed E-state index contributed by atoms with van der Waals surface area (Å²) in [5.74, 6) is 0.547. The van der Waals surface area contributed by atoms with Gasteiger partial charge in [0.2, 0.25) is 0 Å². The van der Waals surface area contributed by atoms with Crippen molar-refractivity contribution >= 4 is 11.0 Å². The highest BCUT2D eigenvalue weighted by Gasteiger charge is 2.05. The summed E-state index contributed by atoms with van der Waals surface area (Å²) < 4.78 is 1.92. The molecule has 74 valence electrons. The maximum absolute atomic E-state index is 4.15. The molecule has 0 aliphatic carbocycles. The van der Waals surface area contributed by atoms with Gasteiger partial charge in [-0.1, -0.05) is 25.1 Å². The maximum atomic E-state index is 4.15. The zero-order valence-corrected chi connectivity index (χ0v) is 8.86. The molecule has 0 bridgehead atoms. The van der Waals surface area contributed by atoms with E-state index in [1.54, 1.807) is 0 Å². The zero-order valence-electron chi connectivity index (χ0n) is 8.86. The molecule has 2 rings (SSSR count). The molecule has 0 fully saturated rings. The Morgan fingerprint density at radius 2 is 2.14 bits per heavy atom. The van der Waals surface area contributed by atoms with Gasteiger partial charge < -0.3 is 0 Å². The third-order valence-electron chi connectivity index (χ3n) is 2.50. The first kappa shape index (κ1) is 9.19. The Bertz CT molecular complexity index is 443. The molecule has 3 nitrogen and oxygen atoms in total. The molecule has 2 aromatic rings. The third-order valence-corrected chi connectivity index (χ3v) is 2.50. The van der Waals surface area contributed by atoms with Crippen molar-refractivity contribution in [1.29, 1.82) is 0 Å². The fourth-order valence-electron chi connectivity index (χ4n) is 1.58. The van der Waals surface area contributed by atoms with Crippen LogP contribution >= 0.6 is 0 Å². The van der Waals surface area contributed by atoms with Crippen LogP contribution in [0.5, 0.6) is 0 Å². The minimum absolute atomic E-state index is 0.547. The van der Waals surface area contributed by atoms with E-state index in [0.717, 1.165) is 17.6 Å². The van der Waals surface area contributed by atoms with E-state index in [4.69, 9.17) is 0 Å². The van der Waals surface area contributed by atoms with E-state index in [-0.39, 0.29) is 0 Å². The van der Waals surface area contributed by atoms with Gasteiger partial charge in [0, 0.05) is 6.54 Å². The number of hydrogen-bond donors (Lipinski definition) is 0. The van der Waals surface area contributed by atoms with Gasteiger partial charge in [0.1, 0.15) is 5.52 Å². The lowest BCUT2D eigenvalue weighted by Crippen LogP contribution is -1.95. The molecule has 0 aliphatic rings. The van der Waals surface area contributed by atoms with Crippen LogP contribution in [-0.2, 0) is 6.54 Å². The SMILES string of the molecule is CCn1nnc2cc(C(C)C)ccc21. The van der Waals surface area contributed by atoms with Crippen molar-refractivity contribution in [3.05, 3.63) is 23.8 Å². The first-order valence-electron chi connectivity index (χ1n) is 5.05. The molecule has 0 aliphatic heterocycles. The van der Waals surface area contributed by atoms with Gasteiger partial charge in [-0.3, -0.25) is 0 Å². The highest BCUT2D eigenvalue weighted by molar-refractivity contribution is 5.75. The van der Waals surface area contributed by atoms with Crippen LogP contribution in [-0.4, -0.2) is 15.0 Å². The normalized spacial score (nSPS) is 11.4. The van der Waals surface area contributed by atoms with Gasteiger partial charge in [0.25, 0.3) is 0 Å². The minimum Gasteiger partial charge on any atom is -0.245 e. The van der Waals surface area contributed by atoms with Crippen LogP contribution in [0.4, 0.5) is 0 Å². The van der Waals surface area contributed by atoms with Crippen molar-refractivity contribution in [1.82, 2.24) is 15.0 Å². The summed E-state index contributed by atoms with van der Waals surface area (Å²) >= 11 is 0. The summed E-state index contributed by atoms with van der Waals surface area (Å²) in [7, 11) is 0. The van der Waals surface area contributed by atoms with Crippen molar-refractivity contribution in [3.8, 4) is 0 Å². The van der Waals surface area contributed by atoms with E-state index in [1.807, 2.05) is 4.68 Å². The second-order valence-corrected chi connectivity index (χ2v) is 3.81. The second kappa shape index (κ2) is 3.40. The van der Waals surface area contributed by atoms with Crippen LogP contribution in [0.15, 0.2) is 18.2 Å². The molecule has 0 radical (unpaired) electrons. The van der Waals surface area contributed by atoms with Crippen molar-refractivity contribution < 1.29 is 0 Å². The summed E-state index contributed by atoms with van der Waals surface area (Å²) in [6.45, 7) is 7.32. The average molecular weight is 189 g/mol. The molecule has 0 amide bonds. The summed E-state index contributed by atoms with van der Waals surface area (Å²) in [4.78, 5) is 0. The van der Waals surface area contributed by atoms with Crippen LogP contribution in [0.25, 0.3) is 11.0 Å². The van der Waals surface area contributed by atoms with E-state index in [0.29, 0.717) is 5.92 Å². The fraction of sp³-hybridized carbons (Fsp3) is 0.455. The number of fused-ring (bicyclic) bond motifs is 1. The molecule has 3 heteroatoms. The Labute approximate surface area is 83.7 Å². The van der Waals surface area contributed by atoms with Crippen molar-refractivity contribution in [3.63, 3.8) is 0 Å². The smallest absolute Gasteiger partial charge is 0.113 e. The van der Waals surface area contributed by atoms with Crippen LogP contribution < -0.4 is 0 Å². The van der Waals surface area contributed by atoms with E-state index in [1.165, 1.54) is 5.56 Å². The van der Waals surface area contributed by atoms with Gasteiger partial charge in [-0.25, -0.2) is 4.68 Å². The minimum atomic E-state index is 0.547. The van der Waals surface area contributed by atoms with Crippen LogP contribution in [0.1, 0.15) is 32.3 Å². The molecule has 0 N–H and O–H groups in total. The van der Waals surface area contributed by atoms with Crippen LogP contribution in [0.2, 0.25) is 0 Å². The van der Waals surface area contributed by atoms with Crippen LogP contribution in [0, 0.1) is 0 Å². The number of rotatable bonds is 2. The predicted octanol–water partition coefficient (Wildman–Crippen LogP) is 2.57. The first-order valence-corrected chi connectivity index (χ1v) is 5.05. The Morgan fingerprint density at radius 3 is 2.79 bits per heavy atom. The zero-order chi connectivity index (χ0) is 10.1. The molecule has 14 heavy (non-hydrogen) atoms. The van der Waals surface area contributed by atoms with Crippen molar-refractivity contribution in [2.24, 2.45) is 0 Å². The Hall–Kier alpha value is -1.38. The molecular formula is C11H15N3. The van der Waals surface area contributed by atoms with Crippen molar-refractivity contribution in [2.75, 3.05) is 0 Å². The number of aryl methyl sites for hydroxylation is 1. The summed E-state index contributed by atoms with van der Waals surface area (Å²) in [6, 6.07) is 6.38. The lowest BCUT2D eigenvalue weighted by molar-refractivity contribution is 0.646. The molecule has 0 spiro atoms. The monoisotopic (exact) mass is 189 g/mol. The topological polar surface area (TPSA) is 30.7 Å². The van der Waals surface area contributed by atoms with Crippen molar-refractivity contribution in [2.45, 2.75) is 33.2 Å². The number of aromatic nitrogens is 3. The van der Waals surface area contributed by atoms with E-state index in [2.05, 4.69) is 49.3 Å². The van der Waals surface area contributed by atoms with Gasteiger partial charge in [-0.15, -0.1) is 5.10 Å². The third kappa shape index (κ3) is 1.39. The lowest BCUT2D eigenvalue weighted by Gasteiger charge is -2.04. The van der Waals surface area contributed by atoms with E-state index >= 15 is 0 Å².